The normalized spacial score (nSPS) is 17.8. The molecule has 3 rings (SSSR count). The molecule has 0 aliphatic carbocycles. The largest absolute Gasteiger partial charge is 0.459 e. The second-order valence-electron chi connectivity index (χ2n) is 7.46. The van der Waals surface area contributed by atoms with Gasteiger partial charge in [-0.1, -0.05) is 44.2 Å². The Hall–Kier alpha value is -2.56. The number of carbonyl (C=O) groups is 2. The van der Waals surface area contributed by atoms with Crippen molar-refractivity contribution in [1.82, 2.24) is 10.2 Å². The Kier molecular flexibility index (Phi) is 5.45. The lowest BCUT2D eigenvalue weighted by Crippen LogP contribution is -2.53. The van der Waals surface area contributed by atoms with Crippen molar-refractivity contribution in [2.75, 3.05) is 13.1 Å². The Morgan fingerprint density at radius 2 is 1.92 bits per heavy atom. The van der Waals surface area contributed by atoms with Crippen molar-refractivity contribution in [3.8, 4) is 0 Å². The summed E-state index contributed by atoms with van der Waals surface area (Å²) in [5.41, 5.74) is 0.994. The van der Waals surface area contributed by atoms with E-state index in [0.717, 1.165) is 12.8 Å². The van der Waals surface area contributed by atoms with E-state index in [9.17, 15) is 9.59 Å². The molecule has 2 amide bonds. The van der Waals surface area contributed by atoms with Crippen LogP contribution in [-0.2, 0) is 10.2 Å². The molecule has 1 aromatic heterocycles. The van der Waals surface area contributed by atoms with Crippen molar-refractivity contribution in [3.63, 3.8) is 0 Å². The Morgan fingerprint density at radius 3 is 2.62 bits per heavy atom. The zero-order valence-electron chi connectivity index (χ0n) is 15.4. The molecule has 1 aliphatic rings. The monoisotopic (exact) mass is 354 g/mol. The number of nitrogens with one attached hydrogen (secondary N) is 1. The van der Waals surface area contributed by atoms with Crippen LogP contribution in [0.5, 0.6) is 0 Å². The van der Waals surface area contributed by atoms with E-state index in [4.69, 9.17) is 4.42 Å². The summed E-state index contributed by atoms with van der Waals surface area (Å²) in [5, 5.41) is 3.06. The third kappa shape index (κ3) is 3.98. The lowest BCUT2D eigenvalue weighted by molar-refractivity contribution is -0.126. The van der Waals surface area contributed by atoms with Gasteiger partial charge in [0.25, 0.3) is 5.91 Å². The van der Waals surface area contributed by atoms with Gasteiger partial charge in [0.1, 0.15) is 6.04 Å². The highest BCUT2D eigenvalue weighted by Crippen LogP contribution is 2.23. The van der Waals surface area contributed by atoms with Crippen LogP contribution in [0.25, 0.3) is 0 Å². The van der Waals surface area contributed by atoms with E-state index in [1.54, 1.807) is 17.0 Å². The van der Waals surface area contributed by atoms with Crippen molar-refractivity contribution in [1.29, 1.82) is 0 Å². The van der Waals surface area contributed by atoms with Crippen molar-refractivity contribution < 1.29 is 14.0 Å². The van der Waals surface area contributed by atoms with Crippen LogP contribution in [0, 0.1) is 0 Å². The fourth-order valence-corrected chi connectivity index (χ4v) is 3.41. The molecule has 5 nitrogen and oxygen atoms in total. The van der Waals surface area contributed by atoms with Gasteiger partial charge in [-0.2, -0.15) is 0 Å². The summed E-state index contributed by atoms with van der Waals surface area (Å²) in [7, 11) is 0. The molecule has 1 unspecified atom stereocenters. The molecule has 1 aliphatic heterocycles. The summed E-state index contributed by atoms with van der Waals surface area (Å²) in [4.78, 5) is 27.1. The van der Waals surface area contributed by atoms with Gasteiger partial charge in [-0.15, -0.1) is 0 Å². The van der Waals surface area contributed by atoms with Crippen molar-refractivity contribution >= 4 is 11.8 Å². The molecule has 1 aromatic carbocycles. The number of rotatable bonds is 5. The van der Waals surface area contributed by atoms with Gasteiger partial charge in [0.05, 0.1) is 6.26 Å². The van der Waals surface area contributed by atoms with E-state index in [2.05, 4.69) is 31.3 Å². The van der Waals surface area contributed by atoms with Gasteiger partial charge in [0.15, 0.2) is 5.76 Å². The number of hydrogen-bond donors (Lipinski definition) is 1. The number of furan rings is 1. The topological polar surface area (TPSA) is 62.6 Å². The Morgan fingerprint density at radius 1 is 1.15 bits per heavy atom. The molecule has 0 saturated carbocycles. The van der Waals surface area contributed by atoms with Crippen molar-refractivity contribution in [2.45, 2.75) is 44.6 Å². The van der Waals surface area contributed by atoms with Crippen LogP contribution in [-0.4, -0.2) is 35.8 Å². The number of carbonyl (C=O) groups excluding carboxylic acids is 2. The van der Waals surface area contributed by atoms with Crippen molar-refractivity contribution in [3.05, 3.63) is 60.1 Å². The predicted octanol–water partition coefficient (Wildman–Crippen LogP) is 3.37. The van der Waals surface area contributed by atoms with Crippen molar-refractivity contribution in [2.24, 2.45) is 0 Å². The third-order valence-corrected chi connectivity index (χ3v) is 5.06. The van der Waals surface area contributed by atoms with Gasteiger partial charge in [0, 0.05) is 18.5 Å². The minimum atomic E-state index is -0.437. The summed E-state index contributed by atoms with van der Waals surface area (Å²) >= 11 is 0. The van der Waals surface area contributed by atoms with E-state index in [1.165, 1.54) is 11.8 Å². The van der Waals surface area contributed by atoms with Gasteiger partial charge >= 0.3 is 0 Å². The molecule has 2 aromatic rings. The summed E-state index contributed by atoms with van der Waals surface area (Å²) in [6.07, 6.45) is 4.02. The van der Waals surface area contributed by atoms with Crippen LogP contribution < -0.4 is 5.32 Å². The summed E-state index contributed by atoms with van der Waals surface area (Å²) in [6, 6.07) is 13.0. The van der Waals surface area contributed by atoms with Gasteiger partial charge in [-0.25, -0.2) is 0 Å². The first-order valence-corrected chi connectivity index (χ1v) is 9.17. The first kappa shape index (κ1) is 18.2. The minimum Gasteiger partial charge on any atom is -0.459 e. The summed E-state index contributed by atoms with van der Waals surface area (Å²) < 4.78 is 5.23. The third-order valence-electron chi connectivity index (χ3n) is 5.06. The maximum absolute atomic E-state index is 12.8. The fraction of sp³-hybridized carbons (Fsp3) is 0.429. The smallest absolute Gasteiger partial charge is 0.290 e. The molecular formula is C21H26N2O3. The highest BCUT2D eigenvalue weighted by molar-refractivity contribution is 5.95. The molecule has 1 fully saturated rings. The number of likely N-dealkylation sites (tertiary alicyclic amines) is 1. The van der Waals surface area contributed by atoms with Gasteiger partial charge in [-0.3, -0.25) is 9.59 Å². The van der Waals surface area contributed by atoms with Crippen LogP contribution in [0.4, 0.5) is 0 Å². The van der Waals surface area contributed by atoms with Crippen LogP contribution in [0.3, 0.4) is 0 Å². The molecule has 1 N–H and O–H groups in total. The molecule has 0 spiro atoms. The van der Waals surface area contributed by atoms with E-state index < -0.39 is 6.04 Å². The Labute approximate surface area is 154 Å². The van der Waals surface area contributed by atoms with E-state index in [-0.39, 0.29) is 23.0 Å². The van der Waals surface area contributed by atoms with E-state index in [1.807, 2.05) is 18.2 Å². The molecule has 5 heteroatoms. The second-order valence-corrected chi connectivity index (χ2v) is 7.46. The predicted molar refractivity (Wildman–Crippen MR) is 99.9 cm³/mol. The average molecular weight is 354 g/mol. The van der Waals surface area contributed by atoms with Gasteiger partial charge in [-0.05, 0) is 37.0 Å². The van der Waals surface area contributed by atoms with E-state index >= 15 is 0 Å². The zero-order valence-corrected chi connectivity index (χ0v) is 15.4. The maximum Gasteiger partial charge on any atom is 0.290 e. The average Bonchev–Trinajstić information content (AvgIpc) is 3.21. The Bertz CT molecular complexity index is 738. The lowest BCUT2D eigenvalue weighted by Gasteiger charge is -2.35. The number of nitrogens with zero attached hydrogens (tertiary/aromatic N) is 1. The van der Waals surface area contributed by atoms with Crippen LogP contribution >= 0.6 is 0 Å². The second kappa shape index (κ2) is 7.77. The number of amides is 2. The standard InChI is InChI=1S/C21H26N2O3/c1-21(2,16-9-4-3-5-10-16)15-22-19(24)17-11-6-7-13-23(17)20(25)18-12-8-14-26-18/h3-5,8-10,12,14,17H,6-7,11,13,15H2,1-2H3,(H,22,24). The first-order valence-electron chi connectivity index (χ1n) is 9.17. The highest BCUT2D eigenvalue weighted by Gasteiger charge is 2.34. The highest BCUT2D eigenvalue weighted by atomic mass is 16.3. The molecule has 26 heavy (non-hydrogen) atoms. The van der Waals surface area contributed by atoms with Gasteiger partial charge in [0.2, 0.25) is 5.91 Å². The Balaban J connectivity index is 1.66. The maximum atomic E-state index is 12.8. The molecule has 0 bridgehead atoms. The first-order chi connectivity index (χ1) is 12.5. The SMILES string of the molecule is CC(C)(CNC(=O)C1CCCCN1C(=O)c1ccco1)c1ccccc1. The molecule has 1 saturated heterocycles. The molecule has 1 atom stereocenters. The van der Waals surface area contributed by atoms with Gasteiger partial charge < -0.3 is 14.6 Å². The molecule has 0 radical (unpaired) electrons. The summed E-state index contributed by atoms with van der Waals surface area (Å²) in [5.74, 6) is -0.0138. The molecule has 138 valence electrons. The van der Waals surface area contributed by atoms with E-state index in [0.29, 0.717) is 19.5 Å². The van der Waals surface area contributed by atoms with Crippen LogP contribution in [0.15, 0.2) is 53.1 Å². The molecular weight excluding hydrogens is 328 g/mol. The number of hydrogen-bond acceptors (Lipinski definition) is 3. The number of benzene rings is 1. The van der Waals surface area contributed by atoms with Crippen LogP contribution in [0.2, 0.25) is 0 Å². The summed E-state index contributed by atoms with van der Waals surface area (Å²) in [6.45, 7) is 5.32. The lowest BCUT2D eigenvalue weighted by atomic mass is 9.84. The molecule has 2 heterocycles. The number of piperidine rings is 1. The quantitative estimate of drug-likeness (QED) is 0.895. The fourth-order valence-electron chi connectivity index (χ4n) is 3.41. The van der Waals surface area contributed by atoms with Crippen LogP contribution in [0.1, 0.15) is 49.2 Å². The minimum absolute atomic E-state index is 0.0892. The zero-order chi connectivity index (χ0) is 18.6.